The Bertz CT molecular complexity index is 463. The Hall–Kier alpha value is -1.66. The molecule has 118 valence electrons. The van der Waals surface area contributed by atoms with E-state index in [1.807, 2.05) is 6.92 Å². The largest absolute Gasteiger partial charge is 0.481 e. The van der Waals surface area contributed by atoms with E-state index in [0.29, 0.717) is 19.1 Å². The van der Waals surface area contributed by atoms with Gasteiger partial charge in [-0.15, -0.1) is 0 Å². The fourth-order valence-corrected chi connectivity index (χ4v) is 1.90. The number of rotatable bonds is 9. The molecule has 0 bridgehead atoms. The van der Waals surface area contributed by atoms with Crippen LogP contribution >= 0.6 is 0 Å². The second kappa shape index (κ2) is 8.59. The first-order valence-corrected chi connectivity index (χ1v) is 7.07. The summed E-state index contributed by atoms with van der Waals surface area (Å²) in [4.78, 5) is 10.6. The zero-order valence-corrected chi connectivity index (χ0v) is 13.1. The first kappa shape index (κ1) is 17.4. The Morgan fingerprint density at radius 3 is 2.62 bits per heavy atom. The first-order chi connectivity index (χ1) is 9.93. The molecule has 0 heterocycles. The van der Waals surface area contributed by atoms with E-state index in [4.69, 9.17) is 9.47 Å². The van der Waals surface area contributed by atoms with Crippen molar-refractivity contribution in [1.29, 1.82) is 0 Å². The number of nitro groups is 1. The van der Waals surface area contributed by atoms with Crippen LogP contribution in [0, 0.1) is 16.0 Å². The van der Waals surface area contributed by atoms with Crippen molar-refractivity contribution in [1.82, 2.24) is 5.32 Å². The van der Waals surface area contributed by atoms with Crippen LogP contribution in [-0.4, -0.2) is 31.3 Å². The molecule has 1 aromatic carbocycles. The Kier molecular flexibility index (Phi) is 7.11. The first-order valence-electron chi connectivity index (χ1n) is 7.07. The monoisotopic (exact) mass is 296 g/mol. The van der Waals surface area contributed by atoms with Crippen LogP contribution in [-0.2, 0) is 11.3 Å². The summed E-state index contributed by atoms with van der Waals surface area (Å²) in [6.45, 7) is 8.01. The zero-order chi connectivity index (χ0) is 15.8. The molecule has 0 aliphatic rings. The molecule has 1 unspecified atom stereocenters. The van der Waals surface area contributed by atoms with Gasteiger partial charge in [-0.05, 0) is 31.0 Å². The van der Waals surface area contributed by atoms with Crippen molar-refractivity contribution in [3.05, 3.63) is 33.9 Å². The molecular formula is C15H24N2O4. The van der Waals surface area contributed by atoms with Gasteiger partial charge >= 0.3 is 5.69 Å². The summed E-state index contributed by atoms with van der Waals surface area (Å²) in [5.41, 5.74) is 0.937. The molecule has 6 nitrogen and oxygen atoms in total. The van der Waals surface area contributed by atoms with Gasteiger partial charge in [-0.3, -0.25) is 10.1 Å². The predicted molar refractivity (Wildman–Crippen MR) is 81.6 cm³/mol. The van der Waals surface area contributed by atoms with Crippen molar-refractivity contribution in [2.24, 2.45) is 5.92 Å². The van der Waals surface area contributed by atoms with Crippen molar-refractivity contribution in [2.45, 2.75) is 33.4 Å². The molecule has 0 radical (unpaired) electrons. The molecule has 1 rings (SSSR count). The highest BCUT2D eigenvalue weighted by Gasteiger charge is 2.17. The number of hydrogen-bond donors (Lipinski definition) is 1. The lowest BCUT2D eigenvalue weighted by Gasteiger charge is -2.15. The lowest BCUT2D eigenvalue weighted by atomic mass is 10.1. The van der Waals surface area contributed by atoms with Crippen LogP contribution in [0.3, 0.4) is 0 Å². The maximum absolute atomic E-state index is 11.1. The number of nitro benzene ring substituents is 1. The highest BCUT2D eigenvalue weighted by molar-refractivity contribution is 5.48. The van der Waals surface area contributed by atoms with Gasteiger partial charge in [0.05, 0.1) is 11.5 Å². The summed E-state index contributed by atoms with van der Waals surface area (Å²) in [7, 11) is 1.57. The van der Waals surface area contributed by atoms with Gasteiger partial charge in [-0.25, -0.2) is 0 Å². The van der Waals surface area contributed by atoms with Crippen LogP contribution in [0.25, 0.3) is 0 Å². The lowest BCUT2D eigenvalue weighted by molar-refractivity contribution is -0.386. The van der Waals surface area contributed by atoms with Crippen molar-refractivity contribution in [3.8, 4) is 5.75 Å². The van der Waals surface area contributed by atoms with Gasteiger partial charge in [0.15, 0.2) is 5.75 Å². The van der Waals surface area contributed by atoms with E-state index in [2.05, 4.69) is 19.2 Å². The maximum atomic E-state index is 11.1. The third-order valence-corrected chi connectivity index (χ3v) is 2.83. The number of hydrogen-bond acceptors (Lipinski definition) is 5. The van der Waals surface area contributed by atoms with Crippen LogP contribution in [0.5, 0.6) is 5.75 Å². The average Bonchev–Trinajstić information content (AvgIpc) is 2.38. The normalized spacial score (nSPS) is 12.4. The van der Waals surface area contributed by atoms with E-state index in [9.17, 15) is 10.1 Å². The Morgan fingerprint density at radius 1 is 1.33 bits per heavy atom. The third-order valence-electron chi connectivity index (χ3n) is 2.83. The average molecular weight is 296 g/mol. The molecule has 0 fully saturated rings. The molecule has 0 spiro atoms. The molecule has 0 aliphatic heterocycles. The zero-order valence-electron chi connectivity index (χ0n) is 13.1. The molecule has 0 aliphatic carbocycles. The molecule has 1 N–H and O–H groups in total. The number of methoxy groups -OCH3 is 1. The number of nitrogens with one attached hydrogen (secondary N) is 1. The van der Waals surface area contributed by atoms with E-state index in [0.717, 1.165) is 12.1 Å². The summed E-state index contributed by atoms with van der Waals surface area (Å²) in [6, 6.07) is 4.96. The van der Waals surface area contributed by atoms with Crippen LogP contribution < -0.4 is 10.1 Å². The summed E-state index contributed by atoms with van der Waals surface area (Å²) in [5.74, 6) is 0.842. The molecule has 0 saturated carbocycles. The molecule has 0 amide bonds. The summed E-state index contributed by atoms with van der Waals surface area (Å²) in [5, 5.41) is 14.4. The second-order valence-electron chi connectivity index (χ2n) is 5.47. The van der Waals surface area contributed by atoms with E-state index in [-0.39, 0.29) is 17.5 Å². The third kappa shape index (κ3) is 6.10. The highest BCUT2D eigenvalue weighted by Crippen LogP contribution is 2.29. The Morgan fingerprint density at radius 2 is 2.05 bits per heavy atom. The smallest absolute Gasteiger partial charge is 0.310 e. The van der Waals surface area contributed by atoms with E-state index >= 15 is 0 Å². The minimum absolute atomic E-state index is 0.0226. The van der Waals surface area contributed by atoms with Crippen LogP contribution in [0.15, 0.2) is 18.2 Å². The summed E-state index contributed by atoms with van der Waals surface area (Å²) >= 11 is 0. The van der Waals surface area contributed by atoms with Gasteiger partial charge in [0, 0.05) is 19.7 Å². The number of nitrogens with zero attached hydrogens (tertiary/aromatic N) is 1. The molecular weight excluding hydrogens is 272 g/mol. The molecule has 21 heavy (non-hydrogen) atoms. The SMILES string of the molecule is COCC(C)Oc1cc(CNCC(C)C)ccc1[N+](=O)[O-]. The maximum Gasteiger partial charge on any atom is 0.310 e. The predicted octanol–water partition coefficient (Wildman–Crippen LogP) is 2.75. The molecule has 6 heteroatoms. The van der Waals surface area contributed by atoms with Crippen LogP contribution in [0.4, 0.5) is 5.69 Å². The van der Waals surface area contributed by atoms with E-state index < -0.39 is 4.92 Å². The van der Waals surface area contributed by atoms with E-state index in [1.54, 1.807) is 19.2 Å². The van der Waals surface area contributed by atoms with Gasteiger partial charge in [0.1, 0.15) is 6.10 Å². The van der Waals surface area contributed by atoms with Crippen molar-refractivity contribution >= 4 is 5.69 Å². The van der Waals surface area contributed by atoms with Crippen molar-refractivity contribution in [3.63, 3.8) is 0 Å². The lowest BCUT2D eigenvalue weighted by Crippen LogP contribution is -2.20. The molecule has 0 saturated heterocycles. The van der Waals surface area contributed by atoms with Crippen molar-refractivity contribution in [2.75, 3.05) is 20.3 Å². The highest BCUT2D eigenvalue weighted by atomic mass is 16.6. The topological polar surface area (TPSA) is 73.6 Å². The Balaban J connectivity index is 2.82. The molecule has 1 aromatic rings. The minimum atomic E-state index is -0.430. The van der Waals surface area contributed by atoms with Crippen molar-refractivity contribution < 1.29 is 14.4 Å². The standard InChI is InChI=1S/C15H24N2O4/c1-11(2)8-16-9-13-5-6-14(17(18)19)15(7-13)21-12(3)10-20-4/h5-7,11-12,16H,8-10H2,1-4H3. The molecule has 1 atom stereocenters. The van der Waals surface area contributed by atoms with Gasteiger partial charge in [-0.2, -0.15) is 0 Å². The van der Waals surface area contributed by atoms with Gasteiger partial charge in [0.25, 0.3) is 0 Å². The minimum Gasteiger partial charge on any atom is -0.481 e. The van der Waals surface area contributed by atoms with E-state index in [1.165, 1.54) is 6.07 Å². The van der Waals surface area contributed by atoms with Crippen LogP contribution in [0.2, 0.25) is 0 Å². The molecule has 0 aromatic heterocycles. The van der Waals surface area contributed by atoms with Gasteiger partial charge < -0.3 is 14.8 Å². The summed E-state index contributed by atoms with van der Waals surface area (Å²) < 4.78 is 10.6. The number of ether oxygens (including phenoxy) is 2. The fourth-order valence-electron chi connectivity index (χ4n) is 1.90. The van der Waals surface area contributed by atoms with Gasteiger partial charge in [-0.1, -0.05) is 19.9 Å². The van der Waals surface area contributed by atoms with Crippen LogP contribution in [0.1, 0.15) is 26.3 Å². The Labute approximate surface area is 125 Å². The van der Waals surface area contributed by atoms with Gasteiger partial charge in [0.2, 0.25) is 0 Å². The number of benzene rings is 1. The summed E-state index contributed by atoms with van der Waals surface area (Å²) in [6.07, 6.45) is -0.243. The fraction of sp³-hybridized carbons (Fsp3) is 0.600. The quantitative estimate of drug-likeness (QED) is 0.560. The second-order valence-corrected chi connectivity index (χ2v) is 5.47.